The summed E-state index contributed by atoms with van der Waals surface area (Å²) in [4.78, 5) is 0. The van der Waals surface area contributed by atoms with Crippen molar-refractivity contribution in [2.45, 2.75) is 128 Å². The number of rotatable bonds is 14. The van der Waals surface area contributed by atoms with Gasteiger partial charge in [-0.15, -0.1) is 0 Å². The van der Waals surface area contributed by atoms with Crippen LogP contribution in [0.4, 0.5) is 8.78 Å². The lowest BCUT2D eigenvalue weighted by atomic mass is 9.77. The molecule has 40 heavy (non-hydrogen) atoms. The van der Waals surface area contributed by atoms with Crippen LogP contribution in [0.1, 0.15) is 138 Å². The first-order valence-corrected chi connectivity index (χ1v) is 16.3. The molecule has 0 radical (unpaired) electrons. The molecule has 2 aliphatic rings. The molecule has 2 fully saturated rings. The monoisotopic (exact) mass is 550 g/mol. The lowest BCUT2D eigenvalue weighted by Gasteiger charge is -2.29. The van der Waals surface area contributed by atoms with Gasteiger partial charge in [0.15, 0.2) is 0 Å². The Morgan fingerprint density at radius 2 is 1.32 bits per heavy atom. The zero-order valence-electron chi connectivity index (χ0n) is 25.1. The molecule has 0 saturated heterocycles. The van der Waals surface area contributed by atoms with E-state index in [1.807, 2.05) is 12.1 Å². The second-order valence-electron chi connectivity index (χ2n) is 12.5. The third kappa shape index (κ3) is 9.26. The standard InChI is InChI=1S/C37H52F2O/c1-3-5-6-7-8-10-30-13-19-32(20-14-30)33-21-15-31(16-22-33)27-28-40-37(38,39)36-25-23-35(24-26-36)34-17-11-29(9-4-2)12-18-34/h4,9,15-16,21-26,29-30,32,34H,3,5-8,10-14,17-20,27-28H2,1-2H3/b9-4+/t29-,30-,32-,34-. The van der Waals surface area contributed by atoms with Crippen molar-refractivity contribution in [3.8, 4) is 0 Å². The van der Waals surface area contributed by atoms with E-state index in [0.717, 1.165) is 24.3 Å². The fourth-order valence-corrected chi connectivity index (χ4v) is 7.02. The summed E-state index contributed by atoms with van der Waals surface area (Å²) in [5.74, 6) is 2.71. The zero-order valence-corrected chi connectivity index (χ0v) is 25.1. The second-order valence-corrected chi connectivity index (χ2v) is 12.5. The molecule has 0 unspecified atom stereocenters. The molecule has 1 nitrogen and oxygen atoms in total. The summed E-state index contributed by atoms with van der Waals surface area (Å²) in [6, 6.07) is 15.5. The van der Waals surface area contributed by atoms with Gasteiger partial charge in [-0.1, -0.05) is 106 Å². The zero-order chi connectivity index (χ0) is 28.2. The highest BCUT2D eigenvalue weighted by atomic mass is 19.3. The Labute approximate surface area is 242 Å². The molecule has 2 aromatic rings. The van der Waals surface area contributed by atoms with Crippen molar-refractivity contribution < 1.29 is 13.5 Å². The van der Waals surface area contributed by atoms with Crippen molar-refractivity contribution in [3.05, 3.63) is 82.9 Å². The second kappa shape index (κ2) is 15.9. The number of allylic oxidation sites excluding steroid dienone is 2. The predicted octanol–water partition coefficient (Wildman–Crippen LogP) is 11.5. The van der Waals surface area contributed by atoms with Gasteiger partial charge in [0.05, 0.1) is 12.2 Å². The van der Waals surface area contributed by atoms with Crippen molar-refractivity contribution >= 4 is 0 Å². The first-order valence-electron chi connectivity index (χ1n) is 16.3. The van der Waals surface area contributed by atoms with Crippen molar-refractivity contribution in [2.75, 3.05) is 6.61 Å². The molecule has 2 aromatic carbocycles. The van der Waals surface area contributed by atoms with Crippen LogP contribution in [0.2, 0.25) is 0 Å². The van der Waals surface area contributed by atoms with Crippen molar-refractivity contribution in [3.63, 3.8) is 0 Å². The molecule has 2 aliphatic carbocycles. The topological polar surface area (TPSA) is 9.23 Å². The maximum absolute atomic E-state index is 14.8. The van der Waals surface area contributed by atoms with Gasteiger partial charge in [-0.2, -0.15) is 8.78 Å². The van der Waals surface area contributed by atoms with Crippen LogP contribution in [-0.4, -0.2) is 6.61 Å². The summed E-state index contributed by atoms with van der Waals surface area (Å²) in [5.41, 5.74) is 3.59. The first-order chi connectivity index (χ1) is 19.5. The first kappa shape index (κ1) is 30.9. The fraction of sp³-hybridized carbons (Fsp3) is 0.622. The summed E-state index contributed by atoms with van der Waals surface area (Å²) < 4.78 is 34.7. The molecule has 0 spiro atoms. The van der Waals surface area contributed by atoms with Crippen LogP contribution < -0.4 is 0 Å². The minimum absolute atomic E-state index is 0.00637. The normalized spacial score (nSPS) is 24.0. The number of halogens is 2. The van der Waals surface area contributed by atoms with Gasteiger partial charge in [-0.3, -0.25) is 0 Å². The lowest BCUT2D eigenvalue weighted by Crippen LogP contribution is -2.20. The third-order valence-corrected chi connectivity index (χ3v) is 9.64. The molecule has 3 heteroatoms. The van der Waals surface area contributed by atoms with E-state index in [4.69, 9.17) is 4.74 Å². The average Bonchev–Trinajstić information content (AvgIpc) is 2.98. The maximum Gasteiger partial charge on any atom is 0.383 e. The van der Waals surface area contributed by atoms with E-state index in [-0.39, 0.29) is 12.2 Å². The van der Waals surface area contributed by atoms with Gasteiger partial charge < -0.3 is 4.74 Å². The van der Waals surface area contributed by atoms with Crippen LogP contribution in [0, 0.1) is 11.8 Å². The van der Waals surface area contributed by atoms with Crippen LogP contribution >= 0.6 is 0 Å². The highest BCUT2D eigenvalue weighted by Crippen LogP contribution is 2.39. The smallest absolute Gasteiger partial charge is 0.316 e. The minimum atomic E-state index is -3.27. The molecule has 0 heterocycles. The lowest BCUT2D eigenvalue weighted by molar-refractivity contribution is -0.248. The van der Waals surface area contributed by atoms with E-state index in [1.54, 1.807) is 12.1 Å². The number of ether oxygens (including phenoxy) is 1. The Hall–Kier alpha value is -2.00. The highest BCUT2D eigenvalue weighted by molar-refractivity contribution is 5.28. The predicted molar refractivity (Wildman–Crippen MR) is 164 cm³/mol. The highest BCUT2D eigenvalue weighted by Gasteiger charge is 2.33. The van der Waals surface area contributed by atoms with E-state index in [2.05, 4.69) is 50.3 Å². The number of benzene rings is 2. The molecule has 0 aromatic heterocycles. The van der Waals surface area contributed by atoms with Crippen molar-refractivity contribution in [1.82, 2.24) is 0 Å². The Morgan fingerprint density at radius 1 is 0.750 bits per heavy atom. The van der Waals surface area contributed by atoms with E-state index >= 15 is 0 Å². The van der Waals surface area contributed by atoms with Crippen molar-refractivity contribution in [2.24, 2.45) is 11.8 Å². The van der Waals surface area contributed by atoms with E-state index in [0.29, 0.717) is 24.2 Å². The molecule has 0 atom stereocenters. The van der Waals surface area contributed by atoms with Crippen LogP contribution in [0.25, 0.3) is 0 Å². The van der Waals surface area contributed by atoms with Crippen LogP contribution in [0.3, 0.4) is 0 Å². The summed E-state index contributed by atoms with van der Waals surface area (Å²) in [6.07, 6.45) is 19.8. The van der Waals surface area contributed by atoms with Crippen LogP contribution in [0.5, 0.6) is 0 Å². The number of hydrogen-bond donors (Lipinski definition) is 0. The molecular formula is C37H52F2O. The van der Waals surface area contributed by atoms with E-state index in [1.165, 1.54) is 88.2 Å². The SMILES string of the molecule is C/C=C/[C@H]1CC[C@H](c2ccc(C(F)(F)OCCc3ccc([C@H]4CC[C@H](CCCCCCC)CC4)cc3)cc2)CC1. The third-order valence-electron chi connectivity index (χ3n) is 9.64. The molecule has 0 bridgehead atoms. The molecule has 220 valence electrons. The van der Waals surface area contributed by atoms with Gasteiger partial charge in [-0.05, 0) is 105 Å². The fourth-order valence-electron chi connectivity index (χ4n) is 7.02. The van der Waals surface area contributed by atoms with Gasteiger partial charge in [0.25, 0.3) is 0 Å². The van der Waals surface area contributed by atoms with Crippen molar-refractivity contribution in [1.29, 1.82) is 0 Å². The average molecular weight is 551 g/mol. The Bertz CT molecular complexity index is 993. The number of unbranched alkanes of at least 4 members (excludes halogenated alkanes) is 4. The van der Waals surface area contributed by atoms with Crippen LogP contribution in [0.15, 0.2) is 60.7 Å². The minimum Gasteiger partial charge on any atom is -0.316 e. The van der Waals surface area contributed by atoms with Gasteiger partial charge in [0.1, 0.15) is 0 Å². The largest absolute Gasteiger partial charge is 0.383 e. The number of hydrogen-bond acceptors (Lipinski definition) is 1. The molecule has 2 saturated carbocycles. The Kier molecular flexibility index (Phi) is 12.3. The maximum atomic E-state index is 14.8. The van der Waals surface area contributed by atoms with Crippen LogP contribution in [-0.2, 0) is 17.3 Å². The molecule has 4 rings (SSSR count). The summed E-state index contributed by atoms with van der Waals surface area (Å²) in [7, 11) is 0. The van der Waals surface area contributed by atoms with E-state index in [9.17, 15) is 8.78 Å². The number of alkyl halides is 2. The molecule has 0 amide bonds. The Morgan fingerprint density at radius 3 is 1.93 bits per heavy atom. The Balaban J connectivity index is 1.17. The summed E-state index contributed by atoms with van der Waals surface area (Å²) in [6.45, 7) is 4.36. The molecular weight excluding hydrogens is 498 g/mol. The quantitative estimate of drug-likeness (QED) is 0.168. The molecule has 0 aliphatic heterocycles. The summed E-state index contributed by atoms with van der Waals surface area (Å²) in [5, 5.41) is 0. The van der Waals surface area contributed by atoms with Gasteiger partial charge >= 0.3 is 6.11 Å². The van der Waals surface area contributed by atoms with Gasteiger partial charge in [-0.25, -0.2) is 0 Å². The van der Waals surface area contributed by atoms with Gasteiger partial charge in [0.2, 0.25) is 0 Å². The van der Waals surface area contributed by atoms with Gasteiger partial charge in [0, 0.05) is 0 Å². The summed E-state index contributed by atoms with van der Waals surface area (Å²) >= 11 is 0. The van der Waals surface area contributed by atoms with E-state index < -0.39 is 6.11 Å². The molecule has 0 N–H and O–H groups in total.